The van der Waals surface area contributed by atoms with Crippen LogP contribution in [0.3, 0.4) is 0 Å². The Morgan fingerprint density at radius 2 is 1.32 bits per heavy atom. The summed E-state index contributed by atoms with van der Waals surface area (Å²) in [5.41, 5.74) is 12.6. The van der Waals surface area contributed by atoms with Crippen LogP contribution in [0, 0.1) is 0 Å². The SMILES string of the molecule is c1ccc(C2=NC(c3cc(-n4c5c(c6c7ccccc7ccc64)-c4ccccc4CC5)c4oc5cc6ccccc6cc5c4c3)NC(c3ccccc3)N2)cc1. The molecule has 5 nitrogen and oxygen atoms in total. The van der Waals surface area contributed by atoms with E-state index in [1.54, 1.807) is 0 Å². The van der Waals surface area contributed by atoms with Gasteiger partial charge in [-0.1, -0.05) is 140 Å². The average molecular weight is 721 g/mol. The van der Waals surface area contributed by atoms with Crippen LogP contribution in [0.25, 0.3) is 71.2 Å². The Morgan fingerprint density at radius 1 is 0.589 bits per heavy atom. The largest absolute Gasteiger partial charge is 0.454 e. The van der Waals surface area contributed by atoms with Gasteiger partial charge in [0.2, 0.25) is 0 Å². The molecular weight excluding hydrogens is 685 g/mol. The van der Waals surface area contributed by atoms with Gasteiger partial charge < -0.3 is 14.3 Å². The zero-order valence-electron chi connectivity index (χ0n) is 30.5. The van der Waals surface area contributed by atoms with Crippen LogP contribution in [0.4, 0.5) is 0 Å². The second kappa shape index (κ2) is 12.3. The Morgan fingerprint density at radius 3 is 2.18 bits per heavy atom. The summed E-state index contributed by atoms with van der Waals surface area (Å²) in [5, 5.41) is 15.9. The molecule has 0 spiro atoms. The van der Waals surface area contributed by atoms with Crippen molar-refractivity contribution >= 4 is 60.2 Å². The van der Waals surface area contributed by atoms with E-state index in [0.717, 1.165) is 68.4 Å². The maximum atomic E-state index is 7.05. The van der Waals surface area contributed by atoms with Crippen LogP contribution < -0.4 is 10.6 Å². The first-order valence-electron chi connectivity index (χ1n) is 19.5. The van der Waals surface area contributed by atoms with Gasteiger partial charge in [0.1, 0.15) is 23.8 Å². The van der Waals surface area contributed by atoms with E-state index in [1.807, 2.05) is 0 Å². The quantitative estimate of drug-likeness (QED) is 0.190. The molecule has 1 aliphatic carbocycles. The lowest BCUT2D eigenvalue weighted by Gasteiger charge is -2.32. The summed E-state index contributed by atoms with van der Waals surface area (Å²) >= 11 is 0. The van der Waals surface area contributed by atoms with E-state index in [4.69, 9.17) is 9.41 Å². The highest BCUT2D eigenvalue weighted by molar-refractivity contribution is 6.17. The number of nitrogens with zero attached hydrogens (tertiary/aromatic N) is 2. The van der Waals surface area contributed by atoms with Gasteiger partial charge in [0, 0.05) is 33.0 Å². The molecule has 0 fully saturated rings. The van der Waals surface area contributed by atoms with E-state index in [9.17, 15) is 0 Å². The summed E-state index contributed by atoms with van der Waals surface area (Å²) in [4.78, 5) is 5.42. The molecule has 8 aromatic carbocycles. The van der Waals surface area contributed by atoms with E-state index < -0.39 is 0 Å². The normalized spacial score (nSPS) is 16.6. The van der Waals surface area contributed by atoms with Crippen molar-refractivity contribution in [3.63, 3.8) is 0 Å². The molecule has 2 atom stereocenters. The van der Waals surface area contributed by atoms with Crippen molar-refractivity contribution in [2.45, 2.75) is 25.2 Å². The lowest BCUT2D eigenvalue weighted by atomic mass is 9.87. The molecule has 0 radical (unpaired) electrons. The lowest BCUT2D eigenvalue weighted by molar-refractivity contribution is 0.409. The van der Waals surface area contributed by atoms with Gasteiger partial charge in [-0.05, 0) is 87.0 Å². The van der Waals surface area contributed by atoms with E-state index in [-0.39, 0.29) is 12.3 Å². The summed E-state index contributed by atoms with van der Waals surface area (Å²) in [7, 11) is 0. The van der Waals surface area contributed by atoms with Gasteiger partial charge in [0.05, 0.1) is 11.2 Å². The van der Waals surface area contributed by atoms with Crippen LogP contribution >= 0.6 is 0 Å². The molecule has 0 saturated carbocycles. The highest BCUT2D eigenvalue weighted by Crippen LogP contribution is 2.47. The molecule has 0 saturated heterocycles. The number of nitrogens with one attached hydrogen (secondary N) is 2. The number of hydrogen-bond acceptors (Lipinski definition) is 4. The molecule has 0 bridgehead atoms. The Bertz CT molecular complexity index is 3210. The highest BCUT2D eigenvalue weighted by atomic mass is 16.3. The van der Waals surface area contributed by atoms with Crippen LogP contribution in [0.5, 0.6) is 0 Å². The number of aliphatic imine (C=N–C) groups is 1. The van der Waals surface area contributed by atoms with Crippen molar-refractivity contribution < 1.29 is 4.42 Å². The van der Waals surface area contributed by atoms with E-state index in [1.165, 1.54) is 49.4 Å². The first-order chi connectivity index (χ1) is 27.7. The van der Waals surface area contributed by atoms with Gasteiger partial charge in [-0.3, -0.25) is 5.32 Å². The number of furan rings is 1. The topological polar surface area (TPSA) is 54.5 Å². The Hall–Kier alpha value is -6.95. The molecule has 56 heavy (non-hydrogen) atoms. The standard InChI is InChI=1S/C51H36N4O/c1-3-15-33(16-4-1)49-52-50(34-17-5-2-6-18-34)54-51(53-49)37-28-41-40-27-35-19-7-8-20-36(35)30-45(40)56-48(41)44(29-37)55-42-25-23-31-13-9-11-21-38(31)46(42)47-39-22-12-10-14-32(39)24-26-43(47)55/h1-23,25,27-30,49,51,53H,24,26H2,(H,52,54). The molecule has 1 aliphatic heterocycles. The molecule has 2 aliphatic rings. The van der Waals surface area contributed by atoms with Gasteiger partial charge in [0.15, 0.2) is 5.58 Å². The Kier molecular flexibility index (Phi) is 6.89. The highest BCUT2D eigenvalue weighted by Gasteiger charge is 2.31. The number of benzene rings is 8. The molecule has 266 valence electrons. The smallest absolute Gasteiger partial charge is 0.159 e. The molecule has 10 aromatic rings. The van der Waals surface area contributed by atoms with Gasteiger partial charge >= 0.3 is 0 Å². The van der Waals surface area contributed by atoms with Crippen LogP contribution in [0.2, 0.25) is 0 Å². The molecular formula is C51H36N4O. The molecule has 0 amide bonds. The molecule has 3 heterocycles. The number of aromatic nitrogens is 1. The second-order valence-electron chi connectivity index (χ2n) is 15.1. The molecule has 2 N–H and O–H groups in total. The fourth-order valence-corrected chi connectivity index (χ4v) is 9.33. The molecule has 12 rings (SSSR count). The maximum Gasteiger partial charge on any atom is 0.159 e. The predicted octanol–water partition coefficient (Wildman–Crippen LogP) is 11.9. The van der Waals surface area contributed by atoms with Crippen molar-refractivity contribution in [2.75, 3.05) is 0 Å². The number of hydrogen-bond donors (Lipinski definition) is 2. The zero-order valence-corrected chi connectivity index (χ0v) is 30.5. The van der Waals surface area contributed by atoms with Crippen LogP contribution in [0.1, 0.15) is 40.3 Å². The zero-order chi connectivity index (χ0) is 36.7. The minimum absolute atomic E-state index is 0.152. The number of fused-ring (bicyclic) bond motifs is 11. The predicted molar refractivity (Wildman–Crippen MR) is 230 cm³/mol. The van der Waals surface area contributed by atoms with Crippen LogP contribution in [0.15, 0.2) is 179 Å². The maximum absolute atomic E-state index is 7.05. The van der Waals surface area contributed by atoms with Crippen molar-refractivity contribution in [1.82, 2.24) is 15.2 Å². The van der Waals surface area contributed by atoms with E-state index >= 15 is 0 Å². The van der Waals surface area contributed by atoms with Gasteiger partial charge in [-0.15, -0.1) is 0 Å². The fourth-order valence-electron chi connectivity index (χ4n) is 9.33. The summed E-state index contributed by atoms with van der Waals surface area (Å²) < 4.78 is 9.56. The van der Waals surface area contributed by atoms with Gasteiger partial charge in [0.25, 0.3) is 0 Å². The summed E-state index contributed by atoms with van der Waals surface area (Å²) in [6, 6.07) is 61.0. The van der Waals surface area contributed by atoms with Crippen molar-refractivity contribution in [3.8, 4) is 16.8 Å². The Balaban J connectivity index is 1.18. The fraction of sp³-hybridized carbons (Fsp3) is 0.0784. The first kappa shape index (κ1) is 31.4. The third-order valence-electron chi connectivity index (χ3n) is 11.9. The average Bonchev–Trinajstić information content (AvgIpc) is 3.81. The number of rotatable bonds is 4. The number of amidine groups is 1. The second-order valence-corrected chi connectivity index (χ2v) is 15.1. The summed E-state index contributed by atoms with van der Waals surface area (Å²) in [5.74, 6) is 0.861. The molecule has 2 aromatic heterocycles. The number of aryl methyl sites for hydroxylation is 1. The Labute approximate surface area is 323 Å². The van der Waals surface area contributed by atoms with Crippen molar-refractivity contribution in [3.05, 3.63) is 198 Å². The third kappa shape index (κ3) is 4.81. The minimum atomic E-state index is -0.343. The van der Waals surface area contributed by atoms with Crippen molar-refractivity contribution in [1.29, 1.82) is 0 Å². The van der Waals surface area contributed by atoms with E-state index in [2.05, 4.69) is 185 Å². The lowest BCUT2D eigenvalue weighted by Crippen LogP contribution is -2.44. The van der Waals surface area contributed by atoms with Crippen LogP contribution in [-0.2, 0) is 12.8 Å². The third-order valence-corrected chi connectivity index (χ3v) is 11.9. The summed E-state index contributed by atoms with van der Waals surface area (Å²) in [6.07, 6.45) is 1.40. The van der Waals surface area contributed by atoms with Gasteiger partial charge in [-0.2, -0.15) is 0 Å². The monoisotopic (exact) mass is 720 g/mol. The molecule has 2 unspecified atom stereocenters. The molecule has 5 heteroatoms. The van der Waals surface area contributed by atoms with Crippen LogP contribution in [-0.4, -0.2) is 10.4 Å². The van der Waals surface area contributed by atoms with Crippen molar-refractivity contribution in [2.24, 2.45) is 4.99 Å². The first-order valence-corrected chi connectivity index (χ1v) is 19.5. The van der Waals surface area contributed by atoms with Gasteiger partial charge in [-0.25, -0.2) is 4.99 Å². The van der Waals surface area contributed by atoms with E-state index in [0.29, 0.717) is 0 Å². The summed E-state index contributed by atoms with van der Waals surface area (Å²) in [6.45, 7) is 0. The minimum Gasteiger partial charge on any atom is -0.454 e.